The molecular formula is H2I2OZr. The molecule has 4 heavy (non-hydrogen) atoms. The van der Waals surface area contributed by atoms with Crippen molar-refractivity contribution in [2.75, 3.05) is 0 Å². The van der Waals surface area contributed by atoms with Crippen LogP contribution >= 0.6 is 0 Å². The van der Waals surface area contributed by atoms with Crippen LogP contribution in [-0.2, 0) is 26.2 Å². The minimum atomic E-state index is 0. The molecule has 0 saturated heterocycles. The predicted octanol–water partition coefficient (Wildman–Crippen LogP) is -6.82. The van der Waals surface area contributed by atoms with Crippen molar-refractivity contribution in [2.24, 2.45) is 0 Å². The molecule has 1 nitrogen and oxygen atoms in total. The Morgan fingerprint density at radius 3 is 0.750 bits per heavy atom. The minimum Gasteiger partial charge on any atom is -1.00 e. The Bertz CT molecular complexity index is 6.00. The molecule has 0 aromatic carbocycles. The maximum Gasteiger partial charge on any atom is 2.00 e. The van der Waals surface area contributed by atoms with E-state index < -0.39 is 0 Å². The molecule has 0 aromatic heterocycles. The van der Waals surface area contributed by atoms with Gasteiger partial charge in [0.1, 0.15) is 0 Å². The van der Waals surface area contributed by atoms with Gasteiger partial charge in [0.05, 0.1) is 0 Å². The van der Waals surface area contributed by atoms with Crippen molar-refractivity contribution in [3.63, 3.8) is 0 Å². The second kappa shape index (κ2) is 18.5. The molecule has 0 aliphatic heterocycles. The van der Waals surface area contributed by atoms with E-state index in [0.29, 0.717) is 0 Å². The summed E-state index contributed by atoms with van der Waals surface area (Å²) in [5.41, 5.74) is 0. The molecular weight excluding hydrogens is 361 g/mol. The van der Waals surface area contributed by atoms with E-state index in [4.69, 9.17) is 0 Å². The molecule has 0 aromatic rings. The zero-order chi connectivity index (χ0) is 0. The standard InChI is InChI=1S/2HI.H2O.Zr/h2*1H;1H2;/q;;;+2/p-2. The third kappa shape index (κ3) is 8.85. The summed E-state index contributed by atoms with van der Waals surface area (Å²) in [7, 11) is 0. The van der Waals surface area contributed by atoms with Crippen LogP contribution in [0, 0.1) is 0 Å². The summed E-state index contributed by atoms with van der Waals surface area (Å²) < 4.78 is 0. The van der Waals surface area contributed by atoms with Crippen LogP contribution in [-0.4, -0.2) is 5.48 Å². The second-order valence-electron chi connectivity index (χ2n) is 0. The Balaban J connectivity index is 0. The fourth-order valence-corrected chi connectivity index (χ4v) is 0. The van der Waals surface area contributed by atoms with E-state index >= 15 is 0 Å². The molecule has 26 valence electrons. The Labute approximate surface area is 78.4 Å². The second-order valence-corrected chi connectivity index (χ2v) is 0. The molecule has 0 rings (SSSR count). The average molecular weight is 363 g/mol. The first kappa shape index (κ1) is 33.4. The smallest absolute Gasteiger partial charge is 1.00 e. The van der Waals surface area contributed by atoms with Gasteiger partial charge in [0, 0.05) is 0 Å². The Hall–Kier alpha value is 2.30. The van der Waals surface area contributed by atoms with Gasteiger partial charge in [-0.3, -0.25) is 0 Å². The normalized spacial score (nSPS) is 0. The van der Waals surface area contributed by atoms with Gasteiger partial charge in [-0.2, -0.15) is 0 Å². The Morgan fingerprint density at radius 1 is 0.750 bits per heavy atom. The maximum absolute atomic E-state index is 0. The van der Waals surface area contributed by atoms with E-state index in [2.05, 4.69) is 0 Å². The van der Waals surface area contributed by atoms with Gasteiger partial charge < -0.3 is 53.4 Å². The summed E-state index contributed by atoms with van der Waals surface area (Å²) in [4.78, 5) is 0. The van der Waals surface area contributed by atoms with Gasteiger partial charge in [-0.25, -0.2) is 0 Å². The van der Waals surface area contributed by atoms with Gasteiger partial charge in [0.15, 0.2) is 0 Å². The van der Waals surface area contributed by atoms with E-state index in [0.717, 1.165) is 0 Å². The van der Waals surface area contributed by atoms with Gasteiger partial charge in [-0.05, 0) is 0 Å². The van der Waals surface area contributed by atoms with Crippen LogP contribution in [0.25, 0.3) is 0 Å². The molecule has 0 fully saturated rings. The minimum absolute atomic E-state index is 0. The van der Waals surface area contributed by atoms with Crippen LogP contribution in [0.15, 0.2) is 0 Å². The Morgan fingerprint density at radius 2 is 0.750 bits per heavy atom. The molecule has 0 heterocycles. The van der Waals surface area contributed by atoms with E-state index in [9.17, 15) is 0 Å². The van der Waals surface area contributed by atoms with Crippen molar-refractivity contribution < 1.29 is 79.6 Å². The van der Waals surface area contributed by atoms with Crippen molar-refractivity contribution in [2.45, 2.75) is 0 Å². The summed E-state index contributed by atoms with van der Waals surface area (Å²) in [6, 6.07) is 0. The van der Waals surface area contributed by atoms with Crippen LogP contribution in [0.4, 0.5) is 0 Å². The van der Waals surface area contributed by atoms with Crippen molar-refractivity contribution >= 4 is 0 Å². The van der Waals surface area contributed by atoms with Gasteiger partial charge >= 0.3 is 26.2 Å². The van der Waals surface area contributed by atoms with Gasteiger partial charge in [-0.15, -0.1) is 0 Å². The fraction of sp³-hybridized carbons (Fsp3) is 0. The predicted molar refractivity (Wildman–Crippen MR) is 3.61 cm³/mol. The number of hydrogen-bond acceptors (Lipinski definition) is 0. The molecule has 0 spiro atoms. The number of halogens is 2. The molecule has 0 bridgehead atoms. The molecule has 4 heteroatoms. The molecule has 0 amide bonds. The molecule has 0 radical (unpaired) electrons. The van der Waals surface area contributed by atoms with E-state index in [1.165, 1.54) is 0 Å². The summed E-state index contributed by atoms with van der Waals surface area (Å²) in [6.45, 7) is 0. The van der Waals surface area contributed by atoms with Crippen molar-refractivity contribution in [1.82, 2.24) is 0 Å². The van der Waals surface area contributed by atoms with E-state index in [1.54, 1.807) is 0 Å². The number of hydrogen-bond donors (Lipinski definition) is 0. The quantitative estimate of drug-likeness (QED) is 0.384. The summed E-state index contributed by atoms with van der Waals surface area (Å²) in [5, 5.41) is 0. The Kier molecular flexibility index (Phi) is 155. The first-order chi connectivity index (χ1) is 0. The topological polar surface area (TPSA) is 31.5 Å². The van der Waals surface area contributed by atoms with Crippen LogP contribution in [0.5, 0.6) is 0 Å². The van der Waals surface area contributed by atoms with Crippen LogP contribution < -0.4 is 48.0 Å². The zero-order valence-corrected chi connectivity index (χ0v) is 8.53. The number of rotatable bonds is 0. The molecule has 0 unspecified atom stereocenters. The van der Waals surface area contributed by atoms with Crippen LogP contribution in [0.1, 0.15) is 0 Å². The van der Waals surface area contributed by atoms with Crippen molar-refractivity contribution in [3.8, 4) is 0 Å². The molecule has 2 N–H and O–H groups in total. The van der Waals surface area contributed by atoms with E-state index in [1.807, 2.05) is 0 Å². The zero-order valence-electron chi connectivity index (χ0n) is 1.76. The largest absolute Gasteiger partial charge is 2.00 e. The monoisotopic (exact) mass is 362 g/mol. The summed E-state index contributed by atoms with van der Waals surface area (Å²) in [6.07, 6.45) is 0. The third-order valence-electron chi connectivity index (χ3n) is 0. The third-order valence-corrected chi connectivity index (χ3v) is 0. The summed E-state index contributed by atoms with van der Waals surface area (Å²) in [5.74, 6) is 0. The van der Waals surface area contributed by atoms with Crippen molar-refractivity contribution in [3.05, 3.63) is 0 Å². The van der Waals surface area contributed by atoms with Gasteiger partial charge in [-0.1, -0.05) is 0 Å². The van der Waals surface area contributed by atoms with Gasteiger partial charge in [0.2, 0.25) is 0 Å². The average Bonchev–Trinajstić information content (AvgIpc) is 0. The van der Waals surface area contributed by atoms with Crippen molar-refractivity contribution in [1.29, 1.82) is 0 Å². The molecule has 0 saturated carbocycles. The first-order valence-corrected chi connectivity index (χ1v) is 0. The van der Waals surface area contributed by atoms with E-state index in [-0.39, 0.29) is 79.6 Å². The maximum atomic E-state index is 0. The summed E-state index contributed by atoms with van der Waals surface area (Å²) >= 11 is 0. The SMILES string of the molecule is O.[I-].[I-].[Zr+2]. The fourth-order valence-electron chi connectivity index (χ4n) is 0. The van der Waals surface area contributed by atoms with Crippen LogP contribution in [0.3, 0.4) is 0 Å². The molecule has 0 aliphatic carbocycles. The van der Waals surface area contributed by atoms with Crippen LogP contribution in [0.2, 0.25) is 0 Å². The molecule has 0 aliphatic rings. The first-order valence-electron chi connectivity index (χ1n) is 0. The molecule has 0 atom stereocenters. The van der Waals surface area contributed by atoms with Gasteiger partial charge in [0.25, 0.3) is 0 Å².